The van der Waals surface area contributed by atoms with Crippen molar-refractivity contribution in [1.82, 2.24) is 10.2 Å². The number of alkyl halides is 3. The van der Waals surface area contributed by atoms with Gasteiger partial charge in [0.25, 0.3) is 0 Å². The first-order valence-corrected chi connectivity index (χ1v) is 9.30. The van der Waals surface area contributed by atoms with Crippen molar-refractivity contribution in [2.24, 2.45) is 10.9 Å². The molecule has 5 nitrogen and oxygen atoms in total. The van der Waals surface area contributed by atoms with Gasteiger partial charge in [-0.2, -0.15) is 0 Å². The van der Waals surface area contributed by atoms with Crippen molar-refractivity contribution >= 4 is 29.9 Å². The molecule has 0 spiro atoms. The molecule has 28 heavy (non-hydrogen) atoms. The molecule has 1 aliphatic heterocycles. The second kappa shape index (κ2) is 10.00. The largest absolute Gasteiger partial charge is 0.573 e. The summed E-state index contributed by atoms with van der Waals surface area (Å²) in [6.45, 7) is 5.14. The highest BCUT2D eigenvalue weighted by Crippen LogP contribution is 2.45. The zero-order valence-corrected chi connectivity index (χ0v) is 18.4. The molecular formula is C19H27F3IN3O2. The molecule has 2 fully saturated rings. The average Bonchev–Trinajstić information content (AvgIpc) is 3.20. The van der Waals surface area contributed by atoms with Crippen LogP contribution in [0.15, 0.2) is 29.3 Å². The lowest BCUT2D eigenvalue weighted by molar-refractivity contribution is -0.274. The molecule has 1 aromatic carbocycles. The molecule has 3 unspecified atom stereocenters. The topological polar surface area (TPSA) is 46.1 Å². The van der Waals surface area contributed by atoms with Crippen molar-refractivity contribution in [3.05, 3.63) is 29.8 Å². The number of guanidine groups is 1. The molecule has 0 aromatic heterocycles. The summed E-state index contributed by atoms with van der Waals surface area (Å²) in [7, 11) is 1.71. The molecule has 3 rings (SSSR count). The molecule has 1 saturated carbocycles. The van der Waals surface area contributed by atoms with Gasteiger partial charge < -0.3 is 19.7 Å². The summed E-state index contributed by atoms with van der Waals surface area (Å²) in [6.07, 6.45) is -2.88. The van der Waals surface area contributed by atoms with E-state index < -0.39 is 6.36 Å². The van der Waals surface area contributed by atoms with E-state index in [9.17, 15) is 13.2 Å². The maximum atomic E-state index is 12.6. The number of benzene rings is 1. The van der Waals surface area contributed by atoms with Crippen molar-refractivity contribution in [2.75, 3.05) is 33.4 Å². The Morgan fingerprint density at radius 3 is 2.75 bits per heavy atom. The number of halogens is 4. The molecule has 3 atom stereocenters. The van der Waals surface area contributed by atoms with Gasteiger partial charge >= 0.3 is 6.36 Å². The fourth-order valence-electron chi connectivity index (χ4n) is 3.65. The van der Waals surface area contributed by atoms with Gasteiger partial charge in [0, 0.05) is 44.6 Å². The maximum absolute atomic E-state index is 12.6. The molecule has 1 heterocycles. The Labute approximate surface area is 180 Å². The number of nitrogens with zero attached hydrogens (tertiary/aromatic N) is 2. The SMILES string of the molecule is CCN=C(NC1CC1c1ccccc1OC(F)(F)F)N1CCC(COC)C1.I. The highest BCUT2D eigenvalue weighted by atomic mass is 127. The van der Waals surface area contributed by atoms with Gasteiger partial charge in [0.1, 0.15) is 5.75 Å². The van der Waals surface area contributed by atoms with Crippen molar-refractivity contribution < 1.29 is 22.6 Å². The first-order valence-electron chi connectivity index (χ1n) is 9.30. The van der Waals surface area contributed by atoms with E-state index in [0.717, 1.165) is 38.5 Å². The number of aliphatic imine (C=N–C) groups is 1. The number of ether oxygens (including phenoxy) is 2. The van der Waals surface area contributed by atoms with Crippen molar-refractivity contribution in [3.63, 3.8) is 0 Å². The van der Waals surface area contributed by atoms with Crippen LogP contribution in [-0.4, -0.2) is 56.6 Å². The summed E-state index contributed by atoms with van der Waals surface area (Å²) >= 11 is 0. The van der Waals surface area contributed by atoms with Crippen LogP contribution < -0.4 is 10.1 Å². The maximum Gasteiger partial charge on any atom is 0.573 e. The Balaban J connectivity index is 0.00000280. The summed E-state index contributed by atoms with van der Waals surface area (Å²) in [4.78, 5) is 6.78. The van der Waals surface area contributed by atoms with E-state index in [1.807, 2.05) is 6.92 Å². The van der Waals surface area contributed by atoms with E-state index in [2.05, 4.69) is 19.9 Å². The van der Waals surface area contributed by atoms with E-state index in [1.54, 1.807) is 25.3 Å². The van der Waals surface area contributed by atoms with Gasteiger partial charge in [-0.05, 0) is 31.4 Å². The van der Waals surface area contributed by atoms with Crippen LogP contribution in [0, 0.1) is 5.92 Å². The van der Waals surface area contributed by atoms with Crippen LogP contribution in [0.25, 0.3) is 0 Å². The standard InChI is InChI=1S/C19H26F3N3O2.HI/c1-3-23-18(25-9-8-13(11-25)12-26-2)24-16-10-15(16)14-6-4-5-7-17(14)27-19(20,21)22;/h4-7,13,15-16H,3,8-12H2,1-2H3,(H,23,24);1H. The zero-order valence-electron chi connectivity index (χ0n) is 16.0. The molecule has 0 bridgehead atoms. The second-order valence-corrected chi connectivity index (χ2v) is 7.03. The van der Waals surface area contributed by atoms with Crippen LogP contribution in [0.4, 0.5) is 13.2 Å². The van der Waals surface area contributed by atoms with Crippen LogP contribution in [0.2, 0.25) is 0 Å². The van der Waals surface area contributed by atoms with E-state index in [0.29, 0.717) is 18.0 Å². The van der Waals surface area contributed by atoms with Crippen LogP contribution in [0.5, 0.6) is 5.75 Å². The van der Waals surface area contributed by atoms with Gasteiger partial charge in [0.05, 0.1) is 6.61 Å². The number of likely N-dealkylation sites (tertiary alicyclic amines) is 1. The molecule has 1 saturated heterocycles. The lowest BCUT2D eigenvalue weighted by Gasteiger charge is -2.22. The van der Waals surface area contributed by atoms with Gasteiger partial charge in [0.15, 0.2) is 5.96 Å². The predicted octanol–water partition coefficient (Wildman–Crippen LogP) is 3.99. The number of hydrogen-bond donors (Lipinski definition) is 1. The number of rotatable bonds is 6. The van der Waals surface area contributed by atoms with Crippen molar-refractivity contribution in [2.45, 2.75) is 38.1 Å². The van der Waals surface area contributed by atoms with Crippen LogP contribution >= 0.6 is 24.0 Å². The van der Waals surface area contributed by atoms with Crippen LogP contribution in [-0.2, 0) is 4.74 Å². The first kappa shape index (κ1) is 23.1. The van der Waals surface area contributed by atoms with E-state index in [-0.39, 0.29) is 41.7 Å². The van der Waals surface area contributed by atoms with E-state index in [1.165, 1.54) is 6.07 Å². The number of hydrogen-bond acceptors (Lipinski definition) is 3. The predicted molar refractivity (Wildman–Crippen MR) is 112 cm³/mol. The summed E-state index contributed by atoms with van der Waals surface area (Å²) in [6, 6.07) is 6.43. The molecule has 0 radical (unpaired) electrons. The third-order valence-electron chi connectivity index (χ3n) is 4.94. The smallest absolute Gasteiger partial charge is 0.405 e. The molecule has 1 N–H and O–H groups in total. The molecule has 9 heteroatoms. The first-order chi connectivity index (χ1) is 12.9. The van der Waals surface area contributed by atoms with Crippen LogP contribution in [0.3, 0.4) is 0 Å². The van der Waals surface area contributed by atoms with E-state index in [4.69, 9.17) is 4.74 Å². The summed E-state index contributed by atoms with van der Waals surface area (Å²) in [5.41, 5.74) is 0.585. The molecule has 2 aliphatic rings. The molecule has 158 valence electrons. The minimum absolute atomic E-state index is 0. The van der Waals surface area contributed by atoms with E-state index >= 15 is 0 Å². The minimum atomic E-state index is -4.69. The second-order valence-electron chi connectivity index (χ2n) is 7.03. The Bertz CT molecular complexity index is 672. The average molecular weight is 513 g/mol. The van der Waals surface area contributed by atoms with Gasteiger partial charge in [-0.3, -0.25) is 4.99 Å². The molecule has 0 amide bonds. The highest BCUT2D eigenvalue weighted by molar-refractivity contribution is 14.0. The normalized spacial score (nSPS) is 24.7. The molecular weight excluding hydrogens is 486 g/mol. The number of nitrogens with one attached hydrogen (secondary N) is 1. The van der Waals surface area contributed by atoms with Crippen LogP contribution in [0.1, 0.15) is 31.2 Å². The third kappa shape index (κ3) is 6.13. The summed E-state index contributed by atoms with van der Waals surface area (Å²) in [5.74, 6) is 1.19. The monoisotopic (exact) mass is 513 g/mol. The Kier molecular flexibility index (Phi) is 8.23. The third-order valence-corrected chi connectivity index (χ3v) is 4.94. The Morgan fingerprint density at radius 2 is 2.07 bits per heavy atom. The number of para-hydroxylation sites is 1. The highest BCUT2D eigenvalue weighted by Gasteiger charge is 2.43. The van der Waals surface area contributed by atoms with Gasteiger partial charge in [-0.25, -0.2) is 0 Å². The lowest BCUT2D eigenvalue weighted by atomic mass is 10.1. The summed E-state index contributed by atoms with van der Waals surface area (Å²) in [5, 5.41) is 3.43. The van der Waals surface area contributed by atoms with Gasteiger partial charge in [-0.15, -0.1) is 37.1 Å². The summed E-state index contributed by atoms with van der Waals surface area (Å²) < 4.78 is 47.4. The van der Waals surface area contributed by atoms with Gasteiger partial charge in [0.2, 0.25) is 0 Å². The fraction of sp³-hybridized carbons (Fsp3) is 0.632. The van der Waals surface area contributed by atoms with Crippen molar-refractivity contribution in [3.8, 4) is 5.75 Å². The molecule has 1 aromatic rings. The Hall–Kier alpha value is -1.23. The quantitative estimate of drug-likeness (QED) is 0.355. The lowest BCUT2D eigenvalue weighted by Crippen LogP contribution is -2.42. The Morgan fingerprint density at radius 1 is 1.32 bits per heavy atom. The molecule has 1 aliphatic carbocycles. The van der Waals surface area contributed by atoms with Crippen molar-refractivity contribution in [1.29, 1.82) is 0 Å². The zero-order chi connectivity index (χ0) is 19.4. The van der Waals surface area contributed by atoms with Gasteiger partial charge in [-0.1, -0.05) is 18.2 Å². The fourth-order valence-corrected chi connectivity index (χ4v) is 3.65. The minimum Gasteiger partial charge on any atom is -0.405 e. The number of methoxy groups -OCH3 is 1.